The normalized spacial score (nSPS) is 12.9. The van der Waals surface area contributed by atoms with Gasteiger partial charge in [0.1, 0.15) is 5.78 Å². The van der Waals surface area contributed by atoms with E-state index in [1.165, 1.54) is 0 Å². The van der Waals surface area contributed by atoms with Gasteiger partial charge in [-0.05, 0) is 24.6 Å². The van der Waals surface area contributed by atoms with E-state index in [0.29, 0.717) is 18.6 Å². The Labute approximate surface area is 95.5 Å². The van der Waals surface area contributed by atoms with Gasteiger partial charge in [-0.3, -0.25) is 4.79 Å². The van der Waals surface area contributed by atoms with Gasteiger partial charge < -0.3 is 4.43 Å². The van der Waals surface area contributed by atoms with Crippen LogP contribution >= 0.6 is 0 Å². The Morgan fingerprint density at radius 1 is 1.27 bits per heavy atom. The van der Waals surface area contributed by atoms with Crippen LogP contribution in [-0.2, 0) is 9.22 Å². The van der Waals surface area contributed by atoms with E-state index in [2.05, 4.69) is 33.9 Å². The standard InChI is InChI=1S/C12H26O2Si/c1-7-11(13)9-8-10-14-15(5,6)12(2,3)4/h7-10H2,1-6H3. The second kappa shape index (κ2) is 5.80. The van der Waals surface area contributed by atoms with Gasteiger partial charge in [0.15, 0.2) is 8.32 Å². The van der Waals surface area contributed by atoms with Crippen LogP contribution in [0, 0.1) is 0 Å². The van der Waals surface area contributed by atoms with Crippen molar-refractivity contribution in [3.05, 3.63) is 0 Å². The molecule has 0 bridgehead atoms. The summed E-state index contributed by atoms with van der Waals surface area (Å²) < 4.78 is 5.98. The fraction of sp³-hybridized carbons (Fsp3) is 0.917. The SMILES string of the molecule is CCC(=O)CCCO[Si](C)(C)C(C)(C)C. The van der Waals surface area contributed by atoms with E-state index in [1.54, 1.807) is 0 Å². The van der Waals surface area contributed by atoms with Gasteiger partial charge in [-0.2, -0.15) is 0 Å². The summed E-state index contributed by atoms with van der Waals surface area (Å²) in [4.78, 5) is 11.1. The van der Waals surface area contributed by atoms with Gasteiger partial charge in [-0.25, -0.2) is 0 Å². The Balaban J connectivity index is 3.82. The molecule has 0 aromatic rings. The summed E-state index contributed by atoms with van der Waals surface area (Å²) in [7, 11) is -1.60. The second-order valence-electron chi connectivity index (χ2n) is 5.60. The van der Waals surface area contributed by atoms with Gasteiger partial charge in [0.2, 0.25) is 0 Å². The number of hydrogen-bond donors (Lipinski definition) is 0. The summed E-state index contributed by atoms with van der Waals surface area (Å²) in [6.45, 7) is 13.8. The lowest BCUT2D eigenvalue weighted by molar-refractivity contribution is -0.119. The molecule has 0 amide bonds. The monoisotopic (exact) mass is 230 g/mol. The van der Waals surface area contributed by atoms with Gasteiger partial charge >= 0.3 is 0 Å². The number of carbonyl (C=O) groups excluding carboxylic acids is 1. The third kappa shape index (κ3) is 5.47. The first-order valence-corrected chi connectivity index (χ1v) is 8.77. The Kier molecular flexibility index (Phi) is 5.74. The molecular formula is C12H26O2Si. The maximum Gasteiger partial charge on any atom is 0.191 e. The van der Waals surface area contributed by atoms with Crippen LogP contribution in [0.25, 0.3) is 0 Å². The topological polar surface area (TPSA) is 26.3 Å². The van der Waals surface area contributed by atoms with Crippen molar-refractivity contribution in [2.24, 2.45) is 0 Å². The molecule has 3 heteroatoms. The Hall–Kier alpha value is -0.153. The summed E-state index contributed by atoms with van der Waals surface area (Å²) in [5.74, 6) is 0.342. The number of hydrogen-bond acceptors (Lipinski definition) is 2. The summed E-state index contributed by atoms with van der Waals surface area (Å²) in [6, 6.07) is 0. The smallest absolute Gasteiger partial charge is 0.191 e. The minimum Gasteiger partial charge on any atom is -0.417 e. The summed E-state index contributed by atoms with van der Waals surface area (Å²) in [5.41, 5.74) is 0. The molecule has 0 aromatic carbocycles. The number of rotatable bonds is 6. The third-order valence-electron chi connectivity index (χ3n) is 3.26. The van der Waals surface area contributed by atoms with E-state index in [-0.39, 0.29) is 5.04 Å². The van der Waals surface area contributed by atoms with Crippen molar-refractivity contribution in [1.29, 1.82) is 0 Å². The first-order chi connectivity index (χ1) is 6.70. The molecule has 0 aliphatic carbocycles. The van der Waals surface area contributed by atoms with Crippen molar-refractivity contribution in [2.75, 3.05) is 6.61 Å². The van der Waals surface area contributed by atoms with Gasteiger partial charge in [-0.15, -0.1) is 0 Å². The van der Waals surface area contributed by atoms with Crippen LogP contribution in [-0.4, -0.2) is 20.7 Å². The van der Waals surface area contributed by atoms with Gasteiger partial charge in [-0.1, -0.05) is 27.7 Å². The van der Waals surface area contributed by atoms with Crippen LogP contribution < -0.4 is 0 Å². The van der Waals surface area contributed by atoms with Crippen molar-refractivity contribution in [2.45, 2.75) is 65.1 Å². The van der Waals surface area contributed by atoms with Gasteiger partial charge in [0, 0.05) is 19.4 Å². The minimum atomic E-state index is -1.60. The number of Topliss-reactive ketones (excluding diaryl/α,β-unsaturated/α-hetero) is 1. The Morgan fingerprint density at radius 3 is 2.20 bits per heavy atom. The lowest BCUT2D eigenvalue weighted by atomic mass is 10.2. The predicted octanol–water partition coefficient (Wildman–Crippen LogP) is 3.77. The fourth-order valence-electron chi connectivity index (χ4n) is 0.990. The Morgan fingerprint density at radius 2 is 1.80 bits per heavy atom. The highest BCUT2D eigenvalue weighted by Crippen LogP contribution is 2.36. The molecule has 0 aromatic heterocycles. The zero-order chi connectivity index (χ0) is 12.1. The van der Waals surface area contributed by atoms with Gasteiger partial charge in [0.25, 0.3) is 0 Å². The summed E-state index contributed by atoms with van der Waals surface area (Å²) in [5, 5.41) is 0.266. The van der Waals surface area contributed by atoms with Crippen LogP contribution in [0.15, 0.2) is 0 Å². The fourth-order valence-corrected chi connectivity index (χ4v) is 2.08. The molecule has 0 N–H and O–H groups in total. The van der Waals surface area contributed by atoms with Crippen LogP contribution in [0.1, 0.15) is 47.0 Å². The first kappa shape index (κ1) is 14.8. The molecule has 0 radical (unpaired) electrons. The van der Waals surface area contributed by atoms with E-state index in [9.17, 15) is 4.79 Å². The van der Waals surface area contributed by atoms with E-state index < -0.39 is 8.32 Å². The maximum absolute atomic E-state index is 11.1. The molecule has 0 fully saturated rings. The molecule has 15 heavy (non-hydrogen) atoms. The average molecular weight is 230 g/mol. The van der Waals surface area contributed by atoms with Crippen molar-refractivity contribution in [3.8, 4) is 0 Å². The Bertz CT molecular complexity index is 204. The highest BCUT2D eigenvalue weighted by atomic mass is 28.4. The molecule has 0 heterocycles. The summed E-state index contributed by atoms with van der Waals surface area (Å²) in [6.07, 6.45) is 2.20. The molecule has 0 aliphatic rings. The van der Waals surface area contributed by atoms with Crippen molar-refractivity contribution in [3.63, 3.8) is 0 Å². The van der Waals surface area contributed by atoms with Crippen LogP contribution in [0.4, 0.5) is 0 Å². The zero-order valence-corrected chi connectivity index (χ0v) is 12.1. The van der Waals surface area contributed by atoms with E-state index in [1.807, 2.05) is 6.92 Å². The highest BCUT2D eigenvalue weighted by Gasteiger charge is 2.36. The molecule has 0 atom stereocenters. The lowest BCUT2D eigenvalue weighted by Gasteiger charge is -2.36. The second-order valence-corrected chi connectivity index (χ2v) is 10.4. The van der Waals surface area contributed by atoms with Crippen molar-refractivity contribution < 1.29 is 9.22 Å². The molecule has 90 valence electrons. The number of ketones is 1. The first-order valence-electron chi connectivity index (χ1n) is 5.86. The minimum absolute atomic E-state index is 0.266. The predicted molar refractivity (Wildman–Crippen MR) is 67.7 cm³/mol. The van der Waals surface area contributed by atoms with E-state index in [4.69, 9.17) is 4.43 Å². The summed E-state index contributed by atoms with van der Waals surface area (Å²) >= 11 is 0. The largest absolute Gasteiger partial charge is 0.417 e. The molecular weight excluding hydrogens is 204 g/mol. The van der Waals surface area contributed by atoms with Crippen LogP contribution in [0.3, 0.4) is 0 Å². The van der Waals surface area contributed by atoms with Crippen molar-refractivity contribution in [1.82, 2.24) is 0 Å². The zero-order valence-electron chi connectivity index (χ0n) is 11.1. The quantitative estimate of drug-likeness (QED) is 0.513. The lowest BCUT2D eigenvalue weighted by Crippen LogP contribution is -2.41. The average Bonchev–Trinajstić information content (AvgIpc) is 2.10. The molecule has 0 rings (SSSR count). The molecule has 0 saturated heterocycles. The highest BCUT2D eigenvalue weighted by molar-refractivity contribution is 6.74. The molecule has 0 unspecified atom stereocenters. The molecule has 0 spiro atoms. The van der Waals surface area contributed by atoms with Crippen LogP contribution in [0.5, 0.6) is 0 Å². The number of carbonyl (C=O) groups is 1. The van der Waals surface area contributed by atoms with Crippen LogP contribution in [0.2, 0.25) is 18.1 Å². The van der Waals surface area contributed by atoms with E-state index >= 15 is 0 Å². The molecule has 2 nitrogen and oxygen atoms in total. The maximum atomic E-state index is 11.1. The van der Waals surface area contributed by atoms with E-state index in [0.717, 1.165) is 13.0 Å². The molecule has 0 saturated carbocycles. The molecule has 0 aliphatic heterocycles. The van der Waals surface area contributed by atoms with Gasteiger partial charge in [0.05, 0.1) is 0 Å². The third-order valence-corrected chi connectivity index (χ3v) is 7.80. The van der Waals surface area contributed by atoms with Crippen molar-refractivity contribution >= 4 is 14.1 Å².